The van der Waals surface area contributed by atoms with E-state index < -0.39 is 0 Å². The number of rotatable bonds is 0. The Morgan fingerprint density at radius 3 is 0.833 bits per heavy atom. The van der Waals surface area contributed by atoms with Gasteiger partial charge in [-0.25, -0.2) is 0 Å². The maximum absolute atomic E-state index is 2.28. The second-order valence-corrected chi connectivity index (χ2v) is 5.75. The summed E-state index contributed by atoms with van der Waals surface area (Å²) in [6.07, 6.45) is 0. The highest BCUT2D eigenvalue weighted by molar-refractivity contribution is 5.20. The van der Waals surface area contributed by atoms with E-state index in [1.165, 1.54) is 11.1 Å². The Morgan fingerprint density at radius 2 is 0.750 bits per heavy atom. The normalized spacial score (nSPS) is 16.0. The van der Waals surface area contributed by atoms with Crippen molar-refractivity contribution in [2.45, 2.75) is 55.4 Å². The molecule has 0 saturated carbocycles. The van der Waals surface area contributed by atoms with Crippen LogP contribution in [0.15, 0.2) is 11.1 Å². The van der Waals surface area contributed by atoms with Crippen LogP contribution in [0.3, 0.4) is 0 Å². The summed E-state index contributed by atoms with van der Waals surface area (Å²) in [5.41, 5.74) is 3.68. The lowest BCUT2D eigenvalue weighted by molar-refractivity contribution is 0.445. The van der Waals surface area contributed by atoms with Gasteiger partial charge in [0.05, 0.1) is 0 Å². The predicted molar refractivity (Wildman–Crippen MR) is 57.3 cm³/mol. The molecule has 0 amide bonds. The first kappa shape index (κ1) is 11.7. The zero-order chi connectivity index (χ0) is 10.2. The topological polar surface area (TPSA) is 0 Å². The van der Waals surface area contributed by atoms with Gasteiger partial charge >= 0.3 is 0 Å². The van der Waals surface area contributed by atoms with E-state index in [1.54, 1.807) is 0 Å². The Balaban J connectivity index is 4.96. The van der Waals surface area contributed by atoms with Crippen molar-refractivity contribution >= 4 is 0 Å². The smallest absolute Gasteiger partial charge is 0.0173 e. The van der Waals surface area contributed by atoms with Crippen molar-refractivity contribution in [3.05, 3.63) is 11.1 Å². The molecule has 0 aliphatic heterocycles. The monoisotopic (exact) mass is 168 g/mol. The Bertz CT molecular complexity index is 159. The fraction of sp³-hybridized carbons (Fsp3) is 0.833. The summed E-state index contributed by atoms with van der Waals surface area (Å²) in [5, 5.41) is 0. The molecular weight excluding hydrogens is 144 g/mol. The van der Waals surface area contributed by atoms with Crippen molar-refractivity contribution in [3.8, 4) is 0 Å². The lowest BCUT2D eigenvalue weighted by atomic mass is 9.76. The fourth-order valence-corrected chi connectivity index (χ4v) is 1.12. The molecule has 0 aromatic heterocycles. The molecule has 0 nitrogen and oxygen atoms in total. The maximum atomic E-state index is 2.28. The fourth-order valence-electron chi connectivity index (χ4n) is 1.12. The SMILES string of the molecule is C/C(=C(/C)C(C)(C)C)C(C)(C)C. The molecule has 0 N–H and O–H groups in total. The largest absolute Gasteiger partial charge is 0.0685 e. The van der Waals surface area contributed by atoms with Crippen LogP contribution in [0.1, 0.15) is 55.4 Å². The van der Waals surface area contributed by atoms with Crippen LogP contribution >= 0.6 is 0 Å². The summed E-state index contributed by atoms with van der Waals surface area (Å²) in [6, 6.07) is 0. The van der Waals surface area contributed by atoms with E-state index in [0.29, 0.717) is 10.8 Å². The van der Waals surface area contributed by atoms with Crippen LogP contribution in [0.5, 0.6) is 0 Å². The lowest BCUT2D eigenvalue weighted by Gasteiger charge is -2.29. The van der Waals surface area contributed by atoms with Gasteiger partial charge in [0, 0.05) is 0 Å². The summed E-state index contributed by atoms with van der Waals surface area (Å²) in [6.45, 7) is 18.2. The highest BCUT2D eigenvalue weighted by atomic mass is 14.3. The Kier molecular flexibility index (Phi) is 3.17. The van der Waals surface area contributed by atoms with E-state index in [1.807, 2.05) is 0 Å². The zero-order valence-electron chi connectivity index (χ0n) is 10.0. The summed E-state index contributed by atoms with van der Waals surface area (Å²) in [4.78, 5) is 0. The van der Waals surface area contributed by atoms with Crippen LogP contribution in [-0.4, -0.2) is 0 Å². The van der Waals surface area contributed by atoms with Crippen molar-refractivity contribution in [3.63, 3.8) is 0 Å². The molecule has 12 heavy (non-hydrogen) atoms. The second-order valence-electron chi connectivity index (χ2n) is 5.75. The van der Waals surface area contributed by atoms with Crippen molar-refractivity contribution in [2.24, 2.45) is 10.8 Å². The molecule has 0 fully saturated rings. The molecule has 0 aliphatic carbocycles. The van der Waals surface area contributed by atoms with Crippen LogP contribution in [0.25, 0.3) is 0 Å². The van der Waals surface area contributed by atoms with Gasteiger partial charge < -0.3 is 0 Å². The molecule has 0 aliphatic rings. The molecule has 0 aromatic rings. The van der Waals surface area contributed by atoms with Gasteiger partial charge in [0.2, 0.25) is 0 Å². The Morgan fingerprint density at radius 1 is 0.583 bits per heavy atom. The van der Waals surface area contributed by atoms with Gasteiger partial charge in [-0.3, -0.25) is 0 Å². The predicted octanol–water partition coefficient (Wildman–Crippen LogP) is 4.42. The third-order valence-corrected chi connectivity index (χ3v) is 2.81. The number of hydrogen-bond acceptors (Lipinski definition) is 0. The molecule has 0 aromatic carbocycles. The zero-order valence-corrected chi connectivity index (χ0v) is 10.0. The van der Waals surface area contributed by atoms with Crippen LogP contribution in [0.2, 0.25) is 0 Å². The van der Waals surface area contributed by atoms with E-state index >= 15 is 0 Å². The van der Waals surface area contributed by atoms with Gasteiger partial charge in [-0.1, -0.05) is 52.7 Å². The Hall–Kier alpha value is -0.260. The first-order valence-electron chi connectivity index (χ1n) is 4.75. The average molecular weight is 168 g/mol. The van der Waals surface area contributed by atoms with Crippen molar-refractivity contribution in [2.75, 3.05) is 0 Å². The summed E-state index contributed by atoms with van der Waals surface area (Å²) >= 11 is 0. The van der Waals surface area contributed by atoms with Crippen LogP contribution in [0, 0.1) is 10.8 Å². The van der Waals surface area contributed by atoms with Gasteiger partial charge in [-0.05, 0) is 24.7 Å². The van der Waals surface area contributed by atoms with Crippen molar-refractivity contribution in [1.29, 1.82) is 0 Å². The third-order valence-electron chi connectivity index (χ3n) is 2.81. The minimum absolute atomic E-state index is 0.317. The van der Waals surface area contributed by atoms with Crippen molar-refractivity contribution < 1.29 is 0 Å². The molecule has 0 heteroatoms. The van der Waals surface area contributed by atoms with Gasteiger partial charge in [-0.2, -0.15) is 0 Å². The number of allylic oxidation sites excluding steroid dienone is 2. The van der Waals surface area contributed by atoms with Crippen LogP contribution in [-0.2, 0) is 0 Å². The number of hydrogen-bond donors (Lipinski definition) is 0. The first-order chi connectivity index (χ1) is 5.07. The van der Waals surface area contributed by atoms with Gasteiger partial charge in [0.1, 0.15) is 0 Å². The molecule has 0 spiro atoms. The quantitative estimate of drug-likeness (QED) is 0.470. The first-order valence-corrected chi connectivity index (χ1v) is 4.75. The molecule has 0 unspecified atom stereocenters. The molecule has 0 rings (SSSR count). The maximum Gasteiger partial charge on any atom is -0.0173 e. The average Bonchev–Trinajstić information content (AvgIpc) is 1.80. The molecule has 0 radical (unpaired) electrons. The molecule has 72 valence electrons. The molecule has 0 bridgehead atoms. The molecular formula is C12H24. The van der Waals surface area contributed by atoms with E-state index in [4.69, 9.17) is 0 Å². The minimum Gasteiger partial charge on any atom is -0.0685 e. The minimum atomic E-state index is 0.317. The summed E-state index contributed by atoms with van der Waals surface area (Å²) < 4.78 is 0. The van der Waals surface area contributed by atoms with Crippen LogP contribution in [0.4, 0.5) is 0 Å². The third kappa shape index (κ3) is 3.00. The van der Waals surface area contributed by atoms with Gasteiger partial charge in [0.15, 0.2) is 0 Å². The van der Waals surface area contributed by atoms with E-state index in [2.05, 4.69) is 55.4 Å². The van der Waals surface area contributed by atoms with Crippen LogP contribution < -0.4 is 0 Å². The Labute approximate surface area is 78.1 Å². The lowest BCUT2D eigenvalue weighted by Crippen LogP contribution is -2.16. The van der Waals surface area contributed by atoms with Gasteiger partial charge in [-0.15, -0.1) is 0 Å². The summed E-state index contributed by atoms with van der Waals surface area (Å²) in [7, 11) is 0. The molecule has 0 atom stereocenters. The van der Waals surface area contributed by atoms with E-state index in [0.717, 1.165) is 0 Å². The highest BCUT2D eigenvalue weighted by Gasteiger charge is 2.21. The van der Waals surface area contributed by atoms with E-state index in [-0.39, 0.29) is 0 Å². The standard InChI is InChI=1S/C12H24/c1-9(11(3,4)5)10(2)12(6,7)8/h1-8H3/b10-9+. The molecule has 0 saturated heterocycles. The molecule has 0 heterocycles. The van der Waals surface area contributed by atoms with Crippen molar-refractivity contribution in [1.82, 2.24) is 0 Å². The highest BCUT2D eigenvalue weighted by Crippen LogP contribution is 2.35. The second kappa shape index (κ2) is 3.24. The van der Waals surface area contributed by atoms with Gasteiger partial charge in [0.25, 0.3) is 0 Å². The summed E-state index contributed by atoms with van der Waals surface area (Å²) in [5.74, 6) is 0. The van der Waals surface area contributed by atoms with E-state index in [9.17, 15) is 0 Å².